The second kappa shape index (κ2) is 7.82. The lowest BCUT2D eigenvalue weighted by Crippen LogP contribution is -2.47. The maximum absolute atomic E-state index is 12.5. The summed E-state index contributed by atoms with van der Waals surface area (Å²) in [6.45, 7) is 6.06. The Morgan fingerprint density at radius 3 is 2.55 bits per heavy atom. The molecule has 0 aliphatic carbocycles. The number of hydrogen-bond acceptors (Lipinski definition) is 3. The third-order valence-electron chi connectivity index (χ3n) is 4.05. The van der Waals surface area contributed by atoms with Gasteiger partial charge in [0.05, 0.1) is 0 Å². The Bertz CT molecular complexity index is 500. The molecule has 1 fully saturated rings. The molecule has 0 unspecified atom stereocenters. The number of likely N-dealkylation sites (N-methyl/N-ethyl adjacent to an activating group) is 1. The molecule has 22 heavy (non-hydrogen) atoms. The van der Waals surface area contributed by atoms with Gasteiger partial charge in [-0.15, -0.1) is 0 Å². The van der Waals surface area contributed by atoms with Crippen molar-refractivity contribution in [3.63, 3.8) is 0 Å². The molecule has 1 heterocycles. The van der Waals surface area contributed by atoms with E-state index in [1.807, 2.05) is 44.2 Å². The Hall–Kier alpha value is -2.04. The van der Waals surface area contributed by atoms with Gasteiger partial charge in [0.2, 0.25) is 5.91 Å². The lowest BCUT2D eigenvalue weighted by atomic mass is 10.2. The number of amides is 2. The number of nitrogens with zero attached hydrogens (tertiary/aromatic N) is 2. The standard InChI is InChI=1S/C17H24N2O3/c1-3-18(4-2)16(20)15-11-8-12-19(15)17(21)22-13-14-9-6-5-7-10-14/h5-7,9-10,15H,3-4,8,11-13H2,1-2H3/t15-/m0/s1. The molecule has 0 N–H and O–H groups in total. The maximum Gasteiger partial charge on any atom is 0.410 e. The molecule has 1 aliphatic heterocycles. The van der Waals surface area contributed by atoms with Crippen molar-refractivity contribution < 1.29 is 14.3 Å². The number of ether oxygens (including phenoxy) is 1. The summed E-state index contributed by atoms with van der Waals surface area (Å²) in [4.78, 5) is 28.1. The average Bonchev–Trinajstić information content (AvgIpc) is 3.04. The van der Waals surface area contributed by atoms with E-state index in [0.717, 1.165) is 18.4 Å². The fraction of sp³-hybridized carbons (Fsp3) is 0.529. The lowest BCUT2D eigenvalue weighted by Gasteiger charge is -2.28. The van der Waals surface area contributed by atoms with Crippen molar-refractivity contribution in [2.45, 2.75) is 39.3 Å². The number of carbonyl (C=O) groups excluding carboxylic acids is 2. The van der Waals surface area contributed by atoms with Gasteiger partial charge in [0.25, 0.3) is 0 Å². The first kappa shape index (κ1) is 16.3. The van der Waals surface area contributed by atoms with E-state index in [2.05, 4.69) is 0 Å². The molecule has 1 saturated heterocycles. The summed E-state index contributed by atoms with van der Waals surface area (Å²) in [6, 6.07) is 9.19. The number of hydrogen-bond donors (Lipinski definition) is 0. The van der Waals surface area contributed by atoms with Crippen molar-refractivity contribution in [2.24, 2.45) is 0 Å². The number of carbonyl (C=O) groups is 2. The molecule has 5 heteroatoms. The van der Waals surface area contributed by atoms with Gasteiger partial charge in [0.1, 0.15) is 12.6 Å². The normalized spacial score (nSPS) is 17.4. The molecular formula is C17H24N2O3. The molecule has 2 rings (SSSR count). The van der Waals surface area contributed by atoms with Crippen molar-refractivity contribution in [3.8, 4) is 0 Å². The highest BCUT2D eigenvalue weighted by Crippen LogP contribution is 2.21. The van der Waals surface area contributed by atoms with E-state index in [4.69, 9.17) is 4.74 Å². The first-order chi connectivity index (χ1) is 10.7. The summed E-state index contributed by atoms with van der Waals surface area (Å²) >= 11 is 0. The monoisotopic (exact) mass is 304 g/mol. The van der Waals surface area contributed by atoms with Gasteiger partial charge < -0.3 is 9.64 Å². The molecule has 0 spiro atoms. The average molecular weight is 304 g/mol. The van der Waals surface area contributed by atoms with Crippen LogP contribution in [0.2, 0.25) is 0 Å². The lowest BCUT2D eigenvalue weighted by molar-refractivity contribution is -0.135. The number of benzene rings is 1. The van der Waals surface area contributed by atoms with Gasteiger partial charge in [-0.1, -0.05) is 30.3 Å². The molecule has 1 aromatic carbocycles. The van der Waals surface area contributed by atoms with Crippen molar-refractivity contribution in [3.05, 3.63) is 35.9 Å². The summed E-state index contributed by atoms with van der Waals surface area (Å²) in [5, 5.41) is 0. The first-order valence-corrected chi connectivity index (χ1v) is 7.93. The summed E-state index contributed by atoms with van der Waals surface area (Å²) in [6.07, 6.45) is 1.17. The van der Waals surface area contributed by atoms with Gasteiger partial charge in [0, 0.05) is 19.6 Å². The fourth-order valence-corrected chi connectivity index (χ4v) is 2.79. The van der Waals surface area contributed by atoms with Crippen LogP contribution in [0.1, 0.15) is 32.3 Å². The Kier molecular flexibility index (Phi) is 5.81. The van der Waals surface area contributed by atoms with Gasteiger partial charge in [-0.2, -0.15) is 0 Å². The Balaban J connectivity index is 1.94. The van der Waals surface area contributed by atoms with Crippen molar-refractivity contribution >= 4 is 12.0 Å². The molecular weight excluding hydrogens is 280 g/mol. The van der Waals surface area contributed by atoms with E-state index < -0.39 is 6.09 Å². The predicted octanol–water partition coefficient (Wildman–Crippen LogP) is 2.66. The molecule has 0 saturated carbocycles. The highest BCUT2D eigenvalue weighted by atomic mass is 16.6. The van der Waals surface area contributed by atoms with E-state index in [1.54, 1.807) is 9.80 Å². The van der Waals surface area contributed by atoms with Crippen LogP contribution in [0, 0.1) is 0 Å². The SMILES string of the molecule is CCN(CC)C(=O)[C@@H]1CCCN1C(=O)OCc1ccccc1. The van der Waals surface area contributed by atoms with Gasteiger partial charge in [0.15, 0.2) is 0 Å². The molecule has 0 aromatic heterocycles. The number of rotatable bonds is 5. The van der Waals surface area contributed by atoms with Gasteiger partial charge in [-0.25, -0.2) is 4.79 Å². The smallest absolute Gasteiger partial charge is 0.410 e. The summed E-state index contributed by atoms with van der Waals surface area (Å²) in [5.74, 6) is 0.0270. The van der Waals surface area contributed by atoms with Crippen LogP contribution in [0.3, 0.4) is 0 Å². The molecule has 1 aliphatic rings. The predicted molar refractivity (Wildman–Crippen MR) is 84.3 cm³/mol. The van der Waals surface area contributed by atoms with E-state index in [0.29, 0.717) is 19.6 Å². The second-order valence-corrected chi connectivity index (χ2v) is 5.40. The molecule has 1 aromatic rings. The highest BCUT2D eigenvalue weighted by Gasteiger charge is 2.36. The van der Waals surface area contributed by atoms with E-state index in [-0.39, 0.29) is 18.6 Å². The number of likely N-dealkylation sites (tertiary alicyclic amines) is 1. The third-order valence-corrected chi connectivity index (χ3v) is 4.05. The van der Waals surface area contributed by atoms with Crippen LogP contribution in [0.25, 0.3) is 0 Å². The van der Waals surface area contributed by atoms with Gasteiger partial charge >= 0.3 is 6.09 Å². The van der Waals surface area contributed by atoms with E-state index in [9.17, 15) is 9.59 Å². The fourth-order valence-electron chi connectivity index (χ4n) is 2.79. The maximum atomic E-state index is 12.5. The molecule has 0 bridgehead atoms. The molecule has 5 nitrogen and oxygen atoms in total. The Morgan fingerprint density at radius 1 is 1.23 bits per heavy atom. The Morgan fingerprint density at radius 2 is 1.91 bits per heavy atom. The van der Waals surface area contributed by atoms with Crippen LogP contribution in [0.4, 0.5) is 4.79 Å². The van der Waals surface area contributed by atoms with Crippen LogP contribution in [0.5, 0.6) is 0 Å². The quantitative estimate of drug-likeness (QED) is 0.840. The highest BCUT2D eigenvalue weighted by molar-refractivity contribution is 5.86. The molecule has 1 atom stereocenters. The molecule has 2 amide bonds. The van der Waals surface area contributed by atoms with E-state index >= 15 is 0 Å². The van der Waals surface area contributed by atoms with Crippen molar-refractivity contribution in [2.75, 3.05) is 19.6 Å². The van der Waals surface area contributed by atoms with Crippen molar-refractivity contribution in [1.29, 1.82) is 0 Å². The van der Waals surface area contributed by atoms with Crippen LogP contribution in [-0.4, -0.2) is 47.5 Å². The van der Waals surface area contributed by atoms with Crippen molar-refractivity contribution in [1.82, 2.24) is 9.80 Å². The minimum atomic E-state index is -0.396. The zero-order valence-electron chi connectivity index (χ0n) is 13.3. The van der Waals surface area contributed by atoms with Crippen LogP contribution >= 0.6 is 0 Å². The van der Waals surface area contributed by atoms with Crippen LogP contribution in [-0.2, 0) is 16.1 Å². The summed E-state index contributed by atoms with van der Waals surface area (Å²) < 4.78 is 5.36. The minimum absolute atomic E-state index is 0.0270. The van der Waals surface area contributed by atoms with E-state index in [1.165, 1.54) is 0 Å². The molecule has 0 radical (unpaired) electrons. The zero-order valence-corrected chi connectivity index (χ0v) is 13.3. The summed E-state index contributed by atoms with van der Waals surface area (Å²) in [5.41, 5.74) is 0.946. The topological polar surface area (TPSA) is 49.9 Å². The minimum Gasteiger partial charge on any atom is -0.445 e. The molecule has 120 valence electrons. The Labute approximate surface area is 131 Å². The zero-order chi connectivity index (χ0) is 15.9. The second-order valence-electron chi connectivity index (χ2n) is 5.40. The van der Waals surface area contributed by atoms with Crippen LogP contribution < -0.4 is 0 Å². The van der Waals surface area contributed by atoms with Gasteiger partial charge in [-0.3, -0.25) is 9.69 Å². The summed E-state index contributed by atoms with van der Waals surface area (Å²) in [7, 11) is 0. The largest absolute Gasteiger partial charge is 0.445 e. The van der Waals surface area contributed by atoms with Gasteiger partial charge in [-0.05, 0) is 32.3 Å². The third kappa shape index (κ3) is 3.78. The first-order valence-electron chi connectivity index (χ1n) is 7.93. The van der Waals surface area contributed by atoms with Crippen LogP contribution in [0.15, 0.2) is 30.3 Å².